The number of hydrogen-bond acceptors (Lipinski definition) is 7. The molecule has 1 atom stereocenters. The van der Waals surface area contributed by atoms with Gasteiger partial charge in [-0.3, -0.25) is 4.79 Å². The number of rotatable bonds is 9. The standard InChI is InChI=1S/C29H31N5O3/c1-4-34(29(36)37-20(2)3)28(35)27(17-21-8-7-9-22(16-21)19-32-31)33-25-14-12-23(13-15-25)26-11-6-5-10-24(26)18-30/h5-16,19-20,27,33H,4,17,31H2,1-3H3/t27-/m0/s1. The van der Waals surface area contributed by atoms with Gasteiger partial charge >= 0.3 is 6.09 Å². The molecule has 2 amide bonds. The maximum absolute atomic E-state index is 13.6. The second-order valence-corrected chi connectivity index (χ2v) is 8.67. The van der Waals surface area contributed by atoms with E-state index in [1.54, 1.807) is 26.8 Å². The normalized spacial score (nSPS) is 11.6. The van der Waals surface area contributed by atoms with Crippen LogP contribution in [0.25, 0.3) is 11.1 Å². The van der Waals surface area contributed by atoms with Crippen molar-refractivity contribution in [1.29, 1.82) is 5.26 Å². The van der Waals surface area contributed by atoms with Gasteiger partial charge in [-0.2, -0.15) is 10.4 Å². The number of hydrogen-bond donors (Lipinski definition) is 2. The highest BCUT2D eigenvalue weighted by molar-refractivity contribution is 5.96. The van der Waals surface area contributed by atoms with Crippen molar-refractivity contribution < 1.29 is 14.3 Å². The maximum atomic E-state index is 13.6. The largest absolute Gasteiger partial charge is 0.446 e. The lowest BCUT2D eigenvalue weighted by Crippen LogP contribution is -2.47. The van der Waals surface area contributed by atoms with Crippen molar-refractivity contribution in [2.24, 2.45) is 10.9 Å². The van der Waals surface area contributed by atoms with Crippen LogP contribution in [0.1, 0.15) is 37.5 Å². The number of anilines is 1. The zero-order valence-electron chi connectivity index (χ0n) is 21.2. The first kappa shape index (κ1) is 27.0. The lowest BCUT2D eigenvalue weighted by atomic mass is 9.99. The van der Waals surface area contributed by atoms with Crippen molar-refractivity contribution in [2.45, 2.75) is 39.3 Å². The molecule has 190 valence electrons. The second kappa shape index (κ2) is 12.9. The molecule has 0 fully saturated rings. The molecule has 0 aliphatic carbocycles. The van der Waals surface area contributed by atoms with E-state index in [4.69, 9.17) is 10.6 Å². The van der Waals surface area contributed by atoms with E-state index in [1.807, 2.05) is 66.7 Å². The summed E-state index contributed by atoms with van der Waals surface area (Å²) >= 11 is 0. The van der Waals surface area contributed by atoms with E-state index in [0.29, 0.717) is 17.7 Å². The van der Waals surface area contributed by atoms with Crippen molar-refractivity contribution in [1.82, 2.24) is 4.90 Å². The van der Waals surface area contributed by atoms with Crippen LogP contribution < -0.4 is 11.2 Å². The van der Waals surface area contributed by atoms with Gasteiger partial charge in [0.05, 0.1) is 24.0 Å². The van der Waals surface area contributed by atoms with Crippen LogP contribution in [-0.2, 0) is 16.0 Å². The van der Waals surface area contributed by atoms with Crippen LogP contribution in [0, 0.1) is 11.3 Å². The van der Waals surface area contributed by atoms with Gasteiger partial charge < -0.3 is 15.9 Å². The molecule has 3 aromatic carbocycles. The molecule has 0 bridgehead atoms. The Labute approximate surface area is 217 Å². The third-order valence-corrected chi connectivity index (χ3v) is 5.64. The summed E-state index contributed by atoms with van der Waals surface area (Å²) in [5.41, 5.74) is 4.67. The number of amides is 2. The number of nitrogens with two attached hydrogens (primary N) is 1. The Morgan fingerprint density at radius 3 is 2.49 bits per heavy atom. The number of ether oxygens (including phenoxy) is 1. The zero-order chi connectivity index (χ0) is 26.8. The first-order chi connectivity index (χ1) is 17.9. The third-order valence-electron chi connectivity index (χ3n) is 5.64. The van der Waals surface area contributed by atoms with Gasteiger partial charge in [0.15, 0.2) is 0 Å². The lowest BCUT2D eigenvalue weighted by molar-refractivity contribution is -0.130. The van der Waals surface area contributed by atoms with Gasteiger partial charge in [-0.1, -0.05) is 54.6 Å². The SMILES string of the molecule is CCN(C(=O)OC(C)C)C(=O)[C@H](Cc1cccc(C=NN)c1)Nc1ccc(-c2ccccc2C#N)cc1. The average molecular weight is 498 g/mol. The minimum atomic E-state index is -0.748. The number of hydrazone groups is 1. The molecule has 0 radical (unpaired) electrons. The summed E-state index contributed by atoms with van der Waals surface area (Å²) in [5.74, 6) is 4.89. The fourth-order valence-corrected chi connectivity index (χ4v) is 3.93. The van der Waals surface area contributed by atoms with Crippen LogP contribution >= 0.6 is 0 Å². The van der Waals surface area contributed by atoms with E-state index in [-0.39, 0.29) is 12.6 Å². The topological polar surface area (TPSA) is 121 Å². The van der Waals surface area contributed by atoms with Crippen LogP contribution in [0.2, 0.25) is 0 Å². The number of imide groups is 1. The van der Waals surface area contributed by atoms with Gasteiger partial charge in [0.1, 0.15) is 6.04 Å². The smallest absolute Gasteiger partial charge is 0.416 e. The second-order valence-electron chi connectivity index (χ2n) is 8.67. The Kier molecular flexibility index (Phi) is 9.39. The van der Waals surface area contributed by atoms with Crippen molar-refractivity contribution in [3.05, 3.63) is 89.5 Å². The van der Waals surface area contributed by atoms with Crippen LogP contribution in [0.3, 0.4) is 0 Å². The van der Waals surface area contributed by atoms with E-state index < -0.39 is 18.0 Å². The maximum Gasteiger partial charge on any atom is 0.416 e. The zero-order valence-corrected chi connectivity index (χ0v) is 21.2. The van der Waals surface area contributed by atoms with Crippen LogP contribution in [0.15, 0.2) is 77.9 Å². The van der Waals surface area contributed by atoms with Gasteiger partial charge in [-0.05, 0) is 61.2 Å². The quantitative estimate of drug-likeness (QED) is 0.246. The summed E-state index contributed by atoms with van der Waals surface area (Å²) in [6, 6.07) is 23.8. The highest BCUT2D eigenvalue weighted by Gasteiger charge is 2.29. The highest BCUT2D eigenvalue weighted by Crippen LogP contribution is 2.25. The van der Waals surface area contributed by atoms with Crippen molar-refractivity contribution >= 4 is 23.9 Å². The van der Waals surface area contributed by atoms with Crippen molar-refractivity contribution in [3.8, 4) is 17.2 Å². The Hall–Kier alpha value is -4.64. The number of likely N-dealkylation sites (N-methyl/N-ethyl adjacent to an activating group) is 1. The first-order valence-electron chi connectivity index (χ1n) is 12.1. The monoisotopic (exact) mass is 497 g/mol. The number of nitriles is 1. The molecule has 0 aliphatic rings. The molecular formula is C29H31N5O3. The molecule has 0 aromatic heterocycles. The van der Waals surface area contributed by atoms with Crippen molar-refractivity contribution in [2.75, 3.05) is 11.9 Å². The molecule has 37 heavy (non-hydrogen) atoms. The summed E-state index contributed by atoms with van der Waals surface area (Å²) in [5, 5.41) is 16.3. The average Bonchev–Trinajstić information content (AvgIpc) is 2.89. The molecule has 3 aromatic rings. The Morgan fingerprint density at radius 2 is 1.84 bits per heavy atom. The van der Waals surface area contributed by atoms with Crippen LogP contribution in [0.4, 0.5) is 10.5 Å². The summed E-state index contributed by atoms with van der Waals surface area (Å²) in [4.78, 5) is 27.3. The Morgan fingerprint density at radius 1 is 1.11 bits per heavy atom. The van der Waals surface area contributed by atoms with Gasteiger partial charge in [0.25, 0.3) is 5.91 Å². The fraction of sp³-hybridized carbons (Fsp3) is 0.241. The number of carbonyl (C=O) groups is 2. The van der Waals surface area contributed by atoms with E-state index in [9.17, 15) is 14.9 Å². The Bertz CT molecular complexity index is 1300. The molecule has 8 nitrogen and oxygen atoms in total. The summed E-state index contributed by atoms with van der Waals surface area (Å²) in [6.45, 7) is 5.38. The number of carbonyl (C=O) groups excluding carboxylic acids is 2. The predicted octanol–water partition coefficient (Wildman–Crippen LogP) is 4.93. The van der Waals surface area contributed by atoms with Crippen LogP contribution in [-0.4, -0.2) is 41.8 Å². The molecule has 8 heteroatoms. The molecule has 3 N–H and O–H groups in total. The summed E-state index contributed by atoms with van der Waals surface area (Å²) in [7, 11) is 0. The van der Waals surface area contributed by atoms with E-state index >= 15 is 0 Å². The minimum absolute atomic E-state index is 0.173. The number of nitrogens with zero attached hydrogens (tertiary/aromatic N) is 3. The molecule has 3 rings (SSSR count). The van der Waals surface area contributed by atoms with E-state index in [0.717, 1.165) is 27.2 Å². The molecule has 0 unspecified atom stereocenters. The predicted molar refractivity (Wildman–Crippen MR) is 145 cm³/mol. The van der Waals surface area contributed by atoms with Crippen molar-refractivity contribution in [3.63, 3.8) is 0 Å². The van der Waals surface area contributed by atoms with E-state index in [2.05, 4.69) is 16.5 Å². The molecular weight excluding hydrogens is 466 g/mol. The third kappa shape index (κ3) is 7.18. The lowest BCUT2D eigenvalue weighted by Gasteiger charge is -2.26. The summed E-state index contributed by atoms with van der Waals surface area (Å²) in [6.07, 6.45) is 0.818. The number of benzene rings is 3. The summed E-state index contributed by atoms with van der Waals surface area (Å²) < 4.78 is 5.29. The minimum Gasteiger partial charge on any atom is -0.446 e. The van der Waals surface area contributed by atoms with Gasteiger partial charge in [0, 0.05) is 18.7 Å². The molecule has 0 aliphatic heterocycles. The van der Waals surface area contributed by atoms with Gasteiger partial charge in [0.2, 0.25) is 0 Å². The van der Waals surface area contributed by atoms with E-state index in [1.165, 1.54) is 6.21 Å². The highest BCUT2D eigenvalue weighted by atomic mass is 16.6. The molecule has 0 saturated carbocycles. The number of nitrogens with one attached hydrogen (secondary N) is 1. The fourth-order valence-electron chi connectivity index (χ4n) is 3.93. The molecule has 0 spiro atoms. The first-order valence-corrected chi connectivity index (χ1v) is 12.1. The van der Waals surface area contributed by atoms with Gasteiger partial charge in [-0.15, -0.1) is 0 Å². The van der Waals surface area contributed by atoms with Gasteiger partial charge in [-0.25, -0.2) is 9.69 Å². The molecule has 0 heterocycles. The van der Waals surface area contributed by atoms with Crippen LogP contribution in [0.5, 0.6) is 0 Å². The Balaban J connectivity index is 1.90. The molecule has 0 saturated heterocycles.